The van der Waals surface area contributed by atoms with Gasteiger partial charge in [-0.1, -0.05) is 58.2 Å². The molecule has 1 aromatic heterocycles. The molecule has 0 aliphatic carbocycles. The maximum atomic E-state index is 6.00. The largest absolute Gasteiger partial charge is 0.442 e. The van der Waals surface area contributed by atoms with E-state index in [0.717, 1.165) is 35.5 Å². The van der Waals surface area contributed by atoms with Gasteiger partial charge >= 0.3 is 0 Å². The summed E-state index contributed by atoms with van der Waals surface area (Å²) in [5, 5.41) is 3.33. The summed E-state index contributed by atoms with van der Waals surface area (Å²) >= 11 is 0. The van der Waals surface area contributed by atoms with E-state index < -0.39 is 0 Å². The van der Waals surface area contributed by atoms with Gasteiger partial charge in [0.15, 0.2) is 12.1 Å². The number of nitrogens with zero attached hydrogens (tertiary/aromatic N) is 2. The van der Waals surface area contributed by atoms with Crippen LogP contribution in [0.1, 0.15) is 61.9 Å². The lowest BCUT2D eigenvalue weighted by Gasteiger charge is -2.30. The van der Waals surface area contributed by atoms with E-state index in [2.05, 4.69) is 99.6 Å². The van der Waals surface area contributed by atoms with Gasteiger partial charge in [0.1, 0.15) is 11.8 Å². The van der Waals surface area contributed by atoms with E-state index >= 15 is 0 Å². The summed E-state index contributed by atoms with van der Waals surface area (Å²) in [6.07, 6.45) is 5.83. The van der Waals surface area contributed by atoms with Crippen LogP contribution < -0.4 is 9.88 Å². The van der Waals surface area contributed by atoms with Crippen molar-refractivity contribution in [1.82, 2.24) is 5.32 Å². The van der Waals surface area contributed by atoms with E-state index in [4.69, 9.17) is 9.73 Å². The second kappa shape index (κ2) is 8.53. The molecule has 4 nitrogen and oxygen atoms in total. The Labute approximate surface area is 208 Å². The first kappa shape index (κ1) is 23.1. The standard InChI is InChI=1S/C31H34N3O/c1-8-27-25-12-10-9-11-24(25)26-14-13-22-18-32-21(4)35-20(3)29(22)28-17-23(31(5,6)7)15-16-34(28)19(2)30(26)33-27/h8-12,15-17,26,30,32H,1-4,13-14,18H2,5-7H3/q+1. The zero-order valence-corrected chi connectivity index (χ0v) is 21.0. The van der Waals surface area contributed by atoms with Crippen LogP contribution in [0.5, 0.6) is 0 Å². The quantitative estimate of drug-likeness (QED) is 0.523. The van der Waals surface area contributed by atoms with E-state index in [9.17, 15) is 0 Å². The molecule has 0 spiro atoms. The summed E-state index contributed by atoms with van der Waals surface area (Å²) in [7, 11) is 0. The number of ether oxygens (including phenoxy) is 1. The van der Waals surface area contributed by atoms with Gasteiger partial charge in [0, 0.05) is 30.2 Å². The Morgan fingerprint density at radius 2 is 1.91 bits per heavy atom. The number of benzene rings is 1. The molecule has 4 heteroatoms. The van der Waals surface area contributed by atoms with E-state index in [-0.39, 0.29) is 17.4 Å². The van der Waals surface area contributed by atoms with Crippen molar-refractivity contribution in [2.45, 2.75) is 51.0 Å². The van der Waals surface area contributed by atoms with E-state index in [1.54, 1.807) is 0 Å². The molecular formula is C31H34N3O+. The van der Waals surface area contributed by atoms with Crippen LogP contribution in [0.15, 0.2) is 97.2 Å². The first-order valence-electron chi connectivity index (χ1n) is 12.3. The van der Waals surface area contributed by atoms with Gasteiger partial charge in [-0.2, -0.15) is 4.57 Å². The van der Waals surface area contributed by atoms with Crippen molar-refractivity contribution in [3.05, 3.63) is 115 Å². The number of fused-ring (bicyclic) bond motifs is 5. The van der Waals surface area contributed by atoms with Gasteiger partial charge in [-0.25, -0.2) is 0 Å². The van der Waals surface area contributed by atoms with Gasteiger partial charge in [-0.3, -0.25) is 4.99 Å². The molecule has 5 rings (SSSR count). The van der Waals surface area contributed by atoms with Gasteiger partial charge in [0.25, 0.3) is 0 Å². The lowest BCUT2D eigenvalue weighted by molar-refractivity contribution is -0.586. The summed E-state index contributed by atoms with van der Waals surface area (Å²) in [4.78, 5) is 5.20. The number of allylic oxidation sites excluding steroid dienone is 2. The summed E-state index contributed by atoms with van der Waals surface area (Å²) in [5.41, 5.74) is 8.90. The van der Waals surface area contributed by atoms with Crippen LogP contribution in [0.3, 0.4) is 0 Å². The van der Waals surface area contributed by atoms with Crippen molar-refractivity contribution in [2.75, 3.05) is 6.54 Å². The average Bonchev–Trinajstić information content (AvgIpc) is 2.94. The minimum Gasteiger partial charge on any atom is -0.442 e. The summed E-state index contributed by atoms with van der Waals surface area (Å²) in [5.74, 6) is 1.35. The molecule has 178 valence electrons. The third-order valence-electron chi connectivity index (χ3n) is 7.35. The molecule has 2 atom stereocenters. The molecule has 3 aliphatic heterocycles. The zero-order valence-electron chi connectivity index (χ0n) is 21.0. The SMILES string of the molecule is C=CC1=NC2C(=C)[n+]3ccc(C(C)(C)C)cc3C3=C(CCC2c2ccccc21)CNC(=C)OC3=C. The molecule has 1 aromatic carbocycles. The Balaban J connectivity index is 1.77. The Morgan fingerprint density at radius 3 is 2.66 bits per heavy atom. The van der Waals surface area contributed by atoms with Gasteiger partial charge < -0.3 is 10.1 Å². The number of pyridine rings is 1. The molecule has 1 N–H and O–H groups in total. The Kier molecular flexibility index (Phi) is 5.63. The van der Waals surface area contributed by atoms with Crippen molar-refractivity contribution in [2.24, 2.45) is 4.99 Å². The Hall–Kier alpha value is -3.66. The Morgan fingerprint density at radius 1 is 1.14 bits per heavy atom. The van der Waals surface area contributed by atoms with Gasteiger partial charge in [0.05, 0.1) is 11.3 Å². The average molecular weight is 465 g/mol. The fourth-order valence-electron chi connectivity index (χ4n) is 5.46. The maximum absolute atomic E-state index is 6.00. The molecule has 0 radical (unpaired) electrons. The first-order chi connectivity index (χ1) is 16.7. The molecule has 0 fully saturated rings. The minimum atomic E-state index is -0.0946. The summed E-state index contributed by atoms with van der Waals surface area (Å²) in [6, 6.07) is 12.9. The minimum absolute atomic E-state index is 0.00861. The highest BCUT2D eigenvalue weighted by atomic mass is 16.5. The fourth-order valence-corrected chi connectivity index (χ4v) is 5.46. The number of hydrogen-bond donors (Lipinski definition) is 1. The lowest BCUT2D eigenvalue weighted by Crippen LogP contribution is -2.44. The molecule has 3 aliphatic rings. The smallest absolute Gasteiger partial charge is 0.222 e. The molecule has 4 heterocycles. The second-order valence-electron chi connectivity index (χ2n) is 10.6. The number of hydrogen-bond acceptors (Lipinski definition) is 3. The molecule has 0 bridgehead atoms. The molecule has 0 saturated heterocycles. The highest BCUT2D eigenvalue weighted by Gasteiger charge is 2.40. The molecule has 0 amide bonds. The predicted octanol–water partition coefficient (Wildman–Crippen LogP) is 6.04. The van der Waals surface area contributed by atoms with Gasteiger partial charge in [-0.05, 0) is 54.2 Å². The summed E-state index contributed by atoms with van der Waals surface area (Å²) < 4.78 is 8.19. The number of aliphatic imine (C=N–C) groups is 1. The van der Waals surface area contributed by atoms with Gasteiger partial charge in [-0.15, -0.1) is 0 Å². The normalized spacial score (nSPS) is 22.0. The maximum Gasteiger partial charge on any atom is 0.222 e. The molecule has 2 aromatic rings. The van der Waals surface area contributed by atoms with Crippen molar-refractivity contribution in [3.8, 4) is 0 Å². The topological polar surface area (TPSA) is 37.5 Å². The summed E-state index contributed by atoms with van der Waals surface area (Å²) in [6.45, 7) is 24.4. The third kappa shape index (κ3) is 3.97. The van der Waals surface area contributed by atoms with E-state index in [0.29, 0.717) is 18.2 Å². The zero-order chi connectivity index (χ0) is 24.9. The van der Waals surface area contributed by atoms with E-state index in [1.165, 1.54) is 22.3 Å². The van der Waals surface area contributed by atoms with Crippen LogP contribution in [0, 0.1) is 0 Å². The van der Waals surface area contributed by atoms with Gasteiger partial charge in [0.2, 0.25) is 11.4 Å². The van der Waals surface area contributed by atoms with Crippen molar-refractivity contribution in [3.63, 3.8) is 0 Å². The van der Waals surface area contributed by atoms with Crippen LogP contribution >= 0.6 is 0 Å². The number of nitrogens with one attached hydrogen (secondary N) is 1. The van der Waals surface area contributed by atoms with Crippen molar-refractivity contribution < 1.29 is 9.30 Å². The molecular weight excluding hydrogens is 430 g/mol. The monoisotopic (exact) mass is 464 g/mol. The van der Waals surface area contributed by atoms with E-state index in [1.807, 2.05) is 6.08 Å². The highest BCUT2D eigenvalue weighted by molar-refractivity contribution is 6.10. The van der Waals surface area contributed by atoms with Crippen LogP contribution in [0.2, 0.25) is 0 Å². The van der Waals surface area contributed by atoms with Crippen LogP contribution in [-0.4, -0.2) is 18.3 Å². The lowest BCUT2D eigenvalue weighted by atomic mass is 9.79. The van der Waals surface area contributed by atoms with Crippen molar-refractivity contribution >= 4 is 17.0 Å². The van der Waals surface area contributed by atoms with Crippen molar-refractivity contribution in [1.29, 1.82) is 0 Å². The van der Waals surface area contributed by atoms with Crippen LogP contribution in [0.25, 0.3) is 11.3 Å². The molecule has 0 saturated carbocycles. The molecule has 2 unspecified atom stereocenters. The first-order valence-corrected chi connectivity index (χ1v) is 12.3. The van der Waals surface area contributed by atoms with Crippen LogP contribution in [0.4, 0.5) is 0 Å². The predicted molar refractivity (Wildman–Crippen MR) is 144 cm³/mol. The highest BCUT2D eigenvalue weighted by Crippen LogP contribution is 2.42. The Bertz CT molecular complexity index is 1340. The number of rotatable bonds is 1. The fraction of sp³-hybridized carbons (Fsp3) is 0.290. The van der Waals surface area contributed by atoms with Crippen LogP contribution in [-0.2, 0) is 10.2 Å². The second-order valence-corrected chi connectivity index (χ2v) is 10.6. The third-order valence-corrected chi connectivity index (χ3v) is 7.35. The number of aromatic nitrogens is 1. The molecule has 35 heavy (non-hydrogen) atoms.